The lowest BCUT2D eigenvalue weighted by atomic mass is 9.74. The second kappa shape index (κ2) is 8.14. The van der Waals surface area contributed by atoms with Crippen LogP contribution in [-0.2, 0) is 26.9 Å². The minimum absolute atomic E-state index is 0.354. The maximum absolute atomic E-state index is 11.7. The van der Waals surface area contributed by atoms with Gasteiger partial charge in [0.15, 0.2) is 0 Å². The fraction of sp³-hybridized carbons (Fsp3) is 0.400. The number of benzene rings is 2. The molecule has 168 valence electrons. The van der Waals surface area contributed by atoms with Gasteiger partial charge in [-0.15, -0.1) is 0 Å². The van der Waals surface area contributed by atoms with Crippen molar-refractivity contribution >= 4 is 26.6 Å². The Morgan fingerprint density at radius 1 is 1.09 bits per heavy atom. The summed E-state index contributed by atoms with van der Waals surface area (Å²) < 4.78 is 32.4. The van der Waals surface area contributed by atoms with Crippen molar-refractivity contribution in [3.05, 3.63) is 71.9 Å². The predicted octanol–water partition coefficient (Wildman–Crippen LogP) is 3.99. The van der Waals surface area contributed by atoms with Gasteiger partial charge in [0.05, 0.1) is 11.8 Å². The summed E-state index contributed by atoms with van der Waals surface area (Å²) in [5, 5.41) is 1.21. The SMILES string of the molecule is COC1(c2cccc(NS(C)(=O)=O)c2)C2CCC1CN(Cc1ccnc3ccccc13)C2. The molecule has 1 N–H and O–H groups in total. The first-order valence-corrected chi connectivity index (χ1v) is 13.0. The van der Waals surface area contributed by atoms with Gasteiger partial charge in [-0.25, -0.2) is 8.42 Å². The zero-order valence-electron chi connectivity index (χ0n) is 18.5. The molecule has 0 radical (unpaired) electrons. The average Bonchev–Trinajstić information content (AvgIpc) is 2.96. The van der Waals surface area contributed by atoms with Crippen LogP contribution in [0.1, 0.15) is 24.0 Å². The summed E-state index contributed by atoms with van der Waals surface area (Å²) in [6.07, 6.45) is 5.29. The number of methoxy groups -OCH3 is 1. The highest BCUT2D eigenvalue weighted by atomic mass is 32.2. The standard InChI is InChI=1S/C25H29N3O3S/c1-31-25(19-6-5-7-22(14-19)27-32(2,29)30)20-10-11-21(25)17-28(16-20)15-18-12-13-26-24-9-4-3-8-23(18)24/h3-9,12-14,20-21,27H,10-11,15-17H2,1-2H3. The number of hydrogen-bond donors (Lipinski definition) is 1. The summed E-state index contributed by atoms with van der Waals surface area (Å²) in [4.78, 5) is 7.04. The Bertz CT molecular complexity index is 1220. The summed E-state index contributed by atoms with van der Waals surface area (Å²) in [5.41, 5.74) is 3.61. The second-order valence-electron chi connectivity index (χ2n) is 9.10. The van der Waals surface area contributed by atoms with Crippen molar-refractivity contribution < 1.29 is 13.2 Å². The third-order valence-electron chi connectivity index (χ3n) is 7.12. The largest absolute Gasteiger partial charge is 0.373 e. The number of nitrogens with zero attached hydrogens (tertiary/aromatic N) is 2. The lowest BCUT2D eigenvalue weighted by Crippen LogP contribution is -2.52. The van der Waals surface area contributed by atoms with Crippen LogP contribution in [0.25, 0.3) is 10.9 Å². The van der Waals surface area contributed by atoms with Crippen LogP contribution in [0, 0.1) is 11.8 Å². The van der Waals surface area contributed by atoms with Crippen LogP contribution < -0.4 is 4.72 Å². The fourth-order valence-corrected chi connectivity index (χ4v) is 6.50. The van der Waals surface area contributed by atoms with E-state index in [0.29, 0.717) is 17.5 Å². The Morgan fingerprint density at radius 3 is 2.56 bits per heavy atom. The van der Waals surface area contributed by atoms with Gasteiger partial charge < -0.3 is 4.74 Å². The number of likely N-dealkylation sites (tertiary alicyclic amines) is 1. The Morgan fingerprint density at radius 2 is 1.84 bits per heavy atom. The Kier molecular flexibility index (Phi) is 5.43. The molecule has 3 aromatic rings. The highest BCUT2D eigenvalue weighted by Crippen LogP contribution is 2.54. The van der Waals surface area contributed by atoms with Crippen molar-refractivity contribution in [2.75, 3.05) is 31.2 Å². The molecule has 2 fully saturated rings. The van der Waals surface area contributed by atoms with Crippen LogP contribution in [0.15, 0.2) is 60.8 Å². The third-order valence-corrected chi connectivity index (χ3v) is 7.73. The molecule has 2 bridgehead atoms. The highest BCUT2D eigenvalue weighted by Gasteiger charge is 2.55. The van der Waals surface area contributed by atoms with E-state index < -0.39 is 10.0 Å². The molecule has 1 saturated heterocycles. The van der Waals surface area contributed by atoms with Crippen molar-refractivity contribution in [1.29, 1.82) is 0 Å². The number of para-hydroxylation sites is 1. The molecular formula is C25H29N3O3S. The molecule has 0 spiro atoms. The molecule has 1 saturated carbocycles. The maximum Gasteiger partial charge on any atom is 0.229 e. The number of fused-ring (bicyclic) bond motifs is 3. The molecule has 2 atom stereocenters. The van der Waals surface area contributed by atoms with Gasteiger partial charge in [-0.05, 0) is 48.2 Å². The summed E-state index contributed by atoms with van der Waals surface area (Å²) in [5.74, 6) is 0.709. The van der Waals surface area contributed by atoms with Crippen molar-refractivity contribution in [3.8, 4) is 0 Å². The lowest BCUT2D eigenvalue weighted by Gasteiger charge is -2.47. The molecule has 5 rings (SSSR count). The number of piperidine rings is 1. The molecule has 2 aromatic carbocycles. The first kappa shape index (κ1) is 21.4. The molecule has 0 amide bonds. The minimum Gasteiger partial charge on any atom is -0.373 e. The molecule has 2 aliphatic rings. The van der Waals surface area contributed by atoms with Crippen molar-refractivity contribution in [2.24, 2.45) is 11.8 Å². The van der Waals surface area contributed by atoms with Crippen molar-refractivity contribution in [3.63, 3.8) is 0 Å². The minimum atomic E-state index is -3.33. The number of pyridine rings is 1. The third kappa shape index (κ3) is 3.78. The van der Waals surface area contributed by atoms with Crippen LogP contribution in [0.5, 0.6) is 0 Å². The van der Waals surface area contributed by atoms with E-state index in [0.717, 1.165) is 43.6 Å². The quantitative estimate of drug-likeness (QED) is 0.614. The number of nitrogens with one attached hydrogen (secondary N) is 1. The van der Waals surface area contributed by atoms with Crippen LogP contribution in [0.3, 0.4) is 0 Å². The second-order valence-corrected chi connectivity index (χ2v) is 10.9. The monoisotopic (exact) mass is 451 g/mol. The van der Waals surface area contributed by atoms with Crippen LogP contribution >= 0.6 is 0 Å². The maximum atomic E-state index is 11.7. The highest BCUT2D eigenvalue weighted by molar-refractivity contribution is 7.92. The van der Waals surface area contributed by atoms with Gasteiger partial charge in [0.1, 0.15) is 5.60 Å². The van der Waals surface area contributed by atoms with Crippen LogP contribution in [0.4, 0.5) is 5.69 Å². The Labute approximate surface area is 189 Å². The lowest BCUT2D eigenvalue weighted by molar-refractivity contribution is -0.120. The van der Waals surface area contributed by atoms with Gasteiger partial charge >= 0.3 is 0 Å². The van der Waals surface area contributed by atoms with Gasteiger partial charge in [0.25, 0.3) is 0 Å². The van der Waals surface area contributed by atoms with E-state index in [1.54, 1.807) is 13.2 Å². The summed E-state index contributed by atoms with van der Waals surface area (Å²) in [7, 11) is -1.53. The topological polar surface area (TPSA) is 71.5 Å². The number of hydrogen-bond acceptors (Lipinski definition) is 5. The van der Waals surface area contributed by atoms with Crippen molar-refractivity contribution in [2.45, 2.75) is 25.0 Å². The van der Waals surface area contributed by atoms with E-state index in [1.807, 2.05) is 24.4 Å². The molecule has 1 aliphatic heterocycles. The van der Waals surface area contributed by atoms with E-state index in [9.17, 15) is 8.42 Å². The van der Waals surface area contributed by atoms with E-state index >= 15 is 0 Å². The van der Waals surface area contributed by atoms with Crippen LogP contribution in [0.2, 0.25) is 0 Å². The zero-order valence-corrected chi connectivity index (χ0v) is 19.3. The first-order chi connectivity index (χ1) is 15.4. The summed E-state index contributed by atoms with van der Waals surface area (Å²) >= 11 is 0. The average molecular weight is 452 g/mol. The van der Waals surface area contributed by atoms with Gasteiger partial charge in [-0.2, -0.15) is 0 Å². The number of aromatic nitrogens is 1. The summed E-state index contributed by atoms with van der Waals surface area (Å²) in [6.45, 7) is 2.79. The Balaban J connectivity index is 1.42. The normalized spacial score (nSPS) is 25.8. The zero-order chi connectivity index (χ0) is 22.3. The molecule has 7 heteroatoms. The van der Waals surface area contributed by atoms with E-state index in [-0.39, 0.29) is 5.60 Å². The smallest absolute Gasteiger partial charge is 0.229 e. The molecule has 1 aliphatic carbocycles. The van der Waals surface area contributed by atoms with Crippen molar-refractivity contribution in [1.82, 2.24) is 9.88 Å². The molecular weight excluding hydrogens is 422 g/mol. The number of rotatable bonds is 6. The molecule has 2 unspecified atom stereocenters. The van der Waals surface area contributed by atoms with Crippen LogP contribution in [-0.4, -0.2) is 44.8 Å². The summed E-state index contributed by atoms with van der Waals surface area (Å²) in [6, 6.07) is 18.2. The molecule has 2 heterocycles. The molecule has 32 heavy (non-hydrogen) atoms. The predicted molar refractivity (Wildman–Crippen MR) is 127 cm³/mol. The van der Waals surface area contributed by atoms with Gasteiger partial charge in [0.2, 0.25) is 10.0 Å². The van der Waals surface area contributed by atoms with Gasteiger partial charge in [-0.1, -0.05) is 30.3 Å². The molecule has 1 aromatic heterocycles. The van der Waals surface area contributed by atoms with E-state index in [4.69, 9.17) is 4.74 Å². The molecule has 6 nitrogen and oxygen atoms in total. The number of sulfonamides is 1. The van der Waals surface area contributed by atoms with Gasteiger partial charge in [0, 0.05) is 55.9 Å². The van der Waals surface area contributed by atoms with E-state index in [2.05, 4.69) is 44.9 Å². The Hall–Kier alpha value is -2.48. The number of anilines is 1. The fourth-order valence-electron chi connectivity index (χ4n) is 5.94. The van der Waals surface area contributed by atoms with E-state index in [1.165, 1.54) is 17.2 Å². The first-order valence-electron chi connectivity index (χ1n) is 11.1. The van der Waals surface area contributed by atoms with Gasteiger partial charge in [-0.3, -0.25) is 14.6 Å². The number of ether oxygens (including phenoxy) is 1.